The minimum atomic E-state index is -0.584. The van der Waals surface area contributed by atoms with E-state index in [0.29, 0.717) is 17.9 Å². The molecule has 0 unspecified atom stereocenters. The largest absolute Gasteiger partial charge is 0.493 e. The molecule has 0 fully saturated rings. The van der Waals surface area contributed by atoms with E-state index in [1.165, 1.54) is 25.0 Å². The van der Waals surface area contributed by atoms with Crippen molar-refractivity contribution in [3.8, 4) is 0 Å². The van der Waals surface area contributed by atoms with Gasteiger partial charge in [-0.25, -0.2) is 8.78 Å². The summed E-state index contributed by atoms with van der Waals surface area (Å²) in [6.07, 6.45) is 6.16. The Balaban J connectivity index is 2.55. The van der Waals surface area contributed by atoms with E-state index in [-0.39, 0.29) is 0 Å². The van der Waals surface area contributed by atoms with Gasteiger partial charge in [0.2, 0.25) is 0 Å². The minimum Gasteiger partial charge on any atom is -0.493 e. The van der Waals surface area contributed by atoms with Crippen molar-refractivity contribution in [2.75, 3.05) is 6.61 Å². The molecule has 3 heteroatoms. The van der Waals surface area contributed by atoms with E-state index in [2.05, 4.69) is 6.92 Å². The lowest BCUT2D eigenvalue weighted by Gasteiger charge is -2.10. The lowest BCUT2D eigenvalue weighted by molar-refractivity contribution is 0.266. The number of ether oxygens (including phenoxy) is 1. The second kappa shape index (κ2) is 7.85. The summed E-state index contributed by atoms with van der Waals surface area (Å²) >= 11 is 0. The third-order valence-electron chi connectivity index (χ3n) is 2.66. The number of hydrogen-bond donors (Lipinski definition) is 0. The van der Waals surface area contributed by atoms with E-state index in [1.54, 1.807) is 13.0 Å². The fraction of sp³-hybridized carbons (Fsp3) is 0.467. The molecular weight excluding hydrogens is 234 g/mol. The van der Waals surface area contributed by atoms with Crippen LogP contribution < -0.4 is 0 Å². The van der Waals surface area contributed by atoms with Crippen molar-refractivity contribution in [3.63, 3.8) is 0 Å². The first-order valence-corrected chi connectivity index (χ1v) is 6.43. The van der Waals surface area contributed by atoms with Crippen LogP contribution in [0.25, 0.3) is 5.76 Å². The molecule has 0 aromatic heterocycles. The summed E-state index contributed by atoms with van der Waals surface area (Å²) in [6, 6.07) is 3.42. The summed E-state index contributed by atoms with van der Waals surface area (Å²) in [7, 11) is 0. The van der Waals surface area contributed by atoms with Gasteiger partial charge in [-0.15, -0.1) is 0 Å². The molecule has 0 bridgehead atoms. The number of unbranched alkanes of at least 4 members (excludes halogenated alkanes) is 3. The van der Waals surface area contributed by atoms with Gasteiger partial charge in [-0.1, -0.05) is 26.2 Å². The molecule has 0 atom stereocenters. The molecule has 1 nitrogen and oxygen atoms in total. The lowest BCUT2D eigenvalue weighted by Crippen LogP contribution is -1.96. The molecule has 0 spiro atoms. The van der Waals surface area contributed by atoms with Crippen LogP contribution in [0.3, 0.4) is 0 Å². The number of rotatable bonds is 7. The molecular formula is C15H20F2O. The SMILES string of the molecule is CC=C(OCCCCCC)c1cc(F)cc(F)c1. The molecule has 1 aromatic rings. The molecule has 0 saturated heterocycles. The number of halogens is 2. The van der Waals surface area contributed by atoms with E-state index in [0.717, 1.165) is 18.9 Å². The minimum absolute atomic E-state index is 0.450. The highest BCUT2D eigenvalue weighted by Gasteiger charge is 2.06. The van der Waals surface area contributed by atoms with Crippen LogP contribution in [0.2, 0.25) is 0 Å². The molecule has 0 aliphatic heterocycles. The number of hydrogen-bond acceptors (Lipinski definition) is 1. The molecule has 0 aliphatic rings. The summed E-state index contributed by atoms with van der Waals surface area (Å²) in [6.45, 7) is 4.52. The van der Waals surface area contributed by atoms with Gasteiger partial charge < -0.3 is 4.74 Å². The van der Waals surface area contributed by atoms with Gasteiger partial charge in [0.1, 0.15) is 17.4 Å². The van der Waals surface area contributed by atoms with Gasteiger partial charge in [-0.05, 0) is 31.6 Å². The number of benzene rings is 1. The maximum absolute atomic E-state index is 13.1. The van der Waals surface area contributed by atoms with Crippen molar-refractivity contribution in [2.45, 2.75) is 39.5 Å². The third kappa shape index (κ3) is 4.86. The highest BCUT2D eigenvalue weighted by atomic mass is 19.1. The zero-order valence-electron chi connectivity index (χ0n) is 11.0. The van der Waals surface area contributed by atoms with E-state index in [4.69, 9.17) is 4.74 Å². The Labute approximate surface area is 107 Å². The van der Waals surface area contributed by atoms with Gasteiger partial charge in [-0.3, -0.25) is 0 Å². The molecule has 0 radical (unpaired) electrons. The predicted octanol–water partition coefficient (Wildman–Crippen LogP) is 4.92. The van der Waals surface area contributed by atoms with E-state index >= 15 is 0 Å². The van der Waals surface area contributed by atoms with Gasteiger partial charge in [0, 0.05) is 11.6 Å². The third-order valence-corrected chi connectivity index (χ3v) is 2.66. The van der Waals surface area contributed by atoms with Gasteiger partial charge in [0.25, 0.3) is 0 Å². The van der Waals surface area contributed by atoms with E-state index in [1.807, 2.05) is 0 Å². The topological polar surface area (TPSA) is 9.23 Å². The van der Waals surface area contributed by atoms with Crippen LogP contribution in [-0.4, -0.2) is 6.61 Å². The molecule has 0 amide bonds. The predicted molar refractivity (Wildman–Crippen MR) is 70.1 cm³/mol. The first kappa shape index (κ1) is 14.7. The van der Waals surface area contributed by atoms with E-state index < -0.39 is 11.6 Å². The normalized spacial score (nSPS) is 11.7. The molecule has 0 N–H and O–H groups in total. The first-order valence-electron chi connectivity index (χ1n) is 6.43. The Morgan fingerprint density at radius 1 is 1.11 bits per heavy atom. The standard InChI is InChI=1S/C15H20F2O/c1-3-5-6-7-8-18-15(4-2)12-9-13(16)11-14(17)10-12/h4,9-11H,3,5-8H2,1-2H3. The molecule has 1 aromatic carbocycles. The summed E-state index contributed by atoms with van der Waals surface area (Å²) in [5, 5.41) is 0. The summed E-state index contributed by atoms with van der Waals surface area (Å²) in [5.74, 6) is -0.636. The first-order chi connectivity index (χ1) is 8.67. The van der Waals surface area contributed by atoms with E-state index in [9.17, 15) is 8.78 Å². The maximum Gasteiger partial charge on any atom is 0.126 e. The highest BCUT2D eigenvalue weighted by Crippen LogP contribution is 2.19. The second-order valence-electron chi connectivity index (χ2n) is 4.22. The monoisotopic (exact) mass is 254 g/mol. The van der Waals surface area contributed by atoms with Gasteiger partial charge in [0.15, 0.2) is 0 Å². The average molecular weight is 254 g/mol. The van der Waals surface area contributed by atoms with Crippen LogP contribution >= 0.6 is 0 Å². The quantitative estimate of drug-likeness (QED) is 0.495. The molecule has 1 rings (SSSR count). The van der Waals surface area contributed by atoms with Crippen LogP contribution in [-0.2, 0) is 4.74 Å². The second-order valence-corrected chi connectivity index (χ2v) is 4.22. The molecule has 0 saturated carbocycles. The summed E-state index contributed by atoms with van der Waals surface area (Å²) < 4.78 is 31.7. The van der Waals surface area contributed by atoms with Crippen LogP contribution in [0.1, 0.15) is 45.1 Å². The maximum atomic E-state index is 13.1. The fourth-order valence-electron chi connectivity index (χ4n) is 1.74. The summed E-state index contributed by atoms with van der Waals surface area (Å²) in [4.78, 5) is 0. The molecule has 0 heterocycles. The van der Waals surface area contributed by atoms with Crippen molar-refractivity contribution in [3.05, 3.63) is 41.5 Å². The van der Waals surface area contributed by atoms with Gasteiger partial charge >= 0.3 is 0 Å². The van der Waals surface area contributed by atoms with Gasteiger partial charge in [0.05, 0.1) is 6.61 Å². The molecule has 100 valence electrons. The molecule has 18 heavy (non-hydrogen) atoms. The lowest BCUT2D eigenvalue weighted by atomic mass is 10.1. The van der Waals surface area contributed by atoms with Crippen molar-refractivity contribution in [1.82, 2.24) is 0 Å². The Bertz CT molecular complexity index is 379. The Kier molecular flexibility index (Phi) is 6.40. The van der Waals surface area contributed by atoms with Crippen molar-refractivity contribution < 1.29 is 13.5 Å². The Morgan fingerprint density at radius 2 is 1.78 bits per heavy atom. The number of allylic oxidation sites excluding steroid dienone is 1. The van der Waals surface area contributed by atoms with Gasteiger partial charge in [-0.2, -0.15) is 0 Å². The summed E-state index contributed by atoms with van der Waals surface area (Å²) in [5.41, 5.74) is 0.450. The van der Waals surface area contributed by atoms with Crippen LogP contribution in [0, 0.1) is 11.6 Å². The van der Waals surface area contributed by atoms with Crippen LogP contribution in [0.5, 0.6) is 0 Å². The highest BCUT2D eigenvalue weighted by molar-refractivity contribution is 5.59. The van der Waals surface area contributed by atoms with Crippen molar-refractivity contribution >= 4 is 5.76 Å². The zero-order valence-corrected chi connectivity index (χ0v) is 11.0. The van der Waals surface area contributed by atoms with Crippen molar-refractivity contribution in [1.29, 1.82) is 0 Å². The average Bonchev–Trinajstić information content (AvgIpc) is 2.32. The zero-order chi connectivity index (χ0) is 13.4. The van der Waals surface area contributed by atoms with Crippen LogP contribution in [0.4, 0.5) is 8.78 Å². The smallest absolute Gasteiger partial charge is 0.126 e. The fourth-order valence-corrected chi connectivity index (χ4v) is 1.74. The Hall–Kier alpha value is -1.38. The van der Waals surface area contributed by atoms with Crippen molar-refractivity contribution in [2.24, 2.45) is 0 Å². The van der Waals surface area contributed by atoms with Crippen LogP contribution in [0.15, 0.2) is 24.3 Å². The Morgan fingerprint density at radius 3 is 2.33 bits per heavy atom. The molecule has 0 aliphatic carbocycles.